The molecule has 0 saturated carbocycles. The van der Waals surface area contributed by atoms with Crippen molar-refractivity contribution in [2.45, 2.75) is 29.2 Å². The van der Waals surface area contributed by atoms with Gasteiger partial charge in [-0.2, -0.15) is 0 Å². The van der Waals surface area contributed by atoms with Gasteiger partial charge in [-0.25, -0.2) is 0 Å². The van der Waals surface area contributed by atoms with Gasteiger partial charge in [0.15, 0.2) is 0 Å². The molecule has 9 heteroatoms. The van der Waals surface area contributed by atoms with E-state index in [1.54, 1.807) is 6.92 Å². The average molecular weight is 281 g/mol. The number of rotatable bonds is 5. The van der Waals surface area contributed by atoms with E-state index in [1.807, 2.05) is 0 Å². The summed E-state index contributed by atoms with van der Waals surface area (Å²) in [7, 11) is -8.48. The van der Waals surface area contributed by atoms with Crippen molar-refractivity contribution in [1.29, 1.82) is 0 Å². The minimum absolute atomic E-state index is 0. The van der Waals surface area contributed by atoms with Crippen molar-refractivity contribution in [2.24, 2.45) is 0 Å². The van der Waals surface area contributed by atoms with Crippen LogP contribution in [0.5, 0.6) is 0 Å². The first-order chi connectivity index (χ1) is 5.64. The van der Waals surface area contributed by atoms with Crippen molar-refractivity contribution in [1.82, 2.24) is 4.90 Å². The zero-order chi connectivity index (χ0) is 10.7. The van der Waals surface area contributed by atoms with Crippen molar-refractivity contribution < 1.29 is 28.7 Å². The highest BCUT2D eigenvalue weighted by molar-refractivity contribution is 7.52. The Bertz CT molecular complexity index is 223. The van der Waals surface area contributed by atoms with E-state index in [0.29, 0.717) is 0 Å². The summed E-state index contributed by atoms with van der Waals surface area (Å²) in [6.45, 7) is 1.74. The van der Waals surface area contributed by atoms with Crippen molar-refractivity contribution in [3.05, 3.63) is 0 Å². The van der Waals surface area contributed by atoms with Crippen LogP contribution in [0.15, 0.2) is 0 Å². The van der Waals surface area contributed by atoms with Gasteiger partial charge in [0.2, 0.25) is 0 Å². The Morgan fingerprint density at radius 3 is 1.25 bits per heavy atom. The van der Waals surface area contributed by atoms with Crippen LogP contribution in [0.4, 0.5) is 0 Å². The highest BCUT2D eigenvalue weighted by Crippen LogP contribution is 2.40. The second-order valence-corrected chi connectivity index (χ2v) is 5.82. The quantitative estimate of drug-likeness (QED) is 0.564. The minimum Gasteiger partial charge on any atom is -0.324 e. The second-order valence-electron chi connectivity index (χ2n) is 2.60. The summed E-state index contributed by atoms with van der Waals surface area (Å²) < 4.78 is 21.0. The van der Waals surface area contributed by atoms with E-state index >= 15 is 0 Å². The minimum atomic E-state index is -4.24. The Morgan fingerprint density at radius 1 is 0.875 bits per heavy atom. The van der Waals surface area contributed by atoms with E-state index in [0.717, 1.165) is 4.90 Å². The summed E-state index contributed by atoms with van der Waals surface area (Å²) in [4.78, 5) is 35.1. The summed E-state index contributed by atoms with van der Waals surface area (Å²) >= 11 is 0. The maximum absolute atomic E-state index is 10.5. The van der Waals surface area contributed by atoms with Gasteiger partial charge in [0.1, 0.15) is 12.6 Å². The van der Waals surface area contributed by atoms with Crippen molar-refractivity contribution in [3.8, 4) is 0 Å². The highest BCUT2D eigenvalue weighted by Gasteiger charge is 2.24. The van der Waals surface area contributed by atoms with Gasteiger partial charge in [0.25, 0.3) is 0 Å². The normalized spacial score (nSPS) is 11.1. The lowest BCUT2D eigenvalue weighted by Crippen LogP contribution is -2.25. The first-order valence-electron chi connectivity index (χ1n) is 3.45. The monoisotopic (exact) mass is 281 g/mol. The van der Waals surface area contributed by atoms with Crippen LogP contribution in [0, 0.1) is 0 Å². The SMILES string of the molecule is C.C.C.CCN(CP(=O)(O)O)CP(=O)(O)O. The predicted octanol–water partition coefficient (Wildman–Crippen LogP) is 1.49. The van der Waals surface area contributed by atoms with Crippen molar-refractivity contribution in [3.63, 3.8) is 0 Å². The summed E-state index contributed by atoms with van der Waals surface area (Å²) in [5, 5.41) is 0. The second kappa shape index (κ2) is 9.31. The standard InChI is InChI=1S/C4H13NO6P2.3CH4/c1-2-5(3-12(6,7)8)4-13(9,10)11;;;/h2-4H2,1H3,(H2,6,7,8)(H2,9,10,11);3*1H4. The molecule has 0 aromatic heterocycles. The molecular weight excluding hydrogens is 256 g/mol. The summed E-state index contributed by atoms with van der Waals surface area (Å²) in [6.07, 6.45) is -1.26. The molecule has 0 aromatic rings. The van der Waals surface area contributed by atoms with Crippen LogP contribution in [-0.4, -0.2) is 43.6 Å². The Hall–Kier alpha value is 0.260. The summed E-state index contributed by atoms with van der Waals surface area (Å²) in [5.74, 6) is 0. The molecular formula is C7H25NO6P2. The molecule has 0 heterocycles. The molecule has 0 aromatic carbocycles. The predicted molar refractivity (Wildman–Crippen MR) is 66.4 cm³/mol. The van der Waals surface area contributed by atoms with Crippen LogP contribution in [-0.2, 0) is 9.13 Å². The van der Waals surface area contributed by atoms with Crippen LogP contribution < -0.4 is 0 Å². The molecule has 0 amide bonds. The zero-order valence-corrected chi connectivity index (χ0v) is 8.86. The van der Waals surface area contributed by atoms with Crippen LogP contribution >= 0.6 is 15.2 Å². The molecule has 7 nitrogen and oxygen atoms in total. The molecule has 0 aliphatic rings. The molecule has 0 spiro atoms. The molecule has 0 atom stereocenters. The van der Waals surface area contributed by atoms with Gasteiger partial charge in [-0.15, -0.1) is 0 Å². The van der Waals surface area contributed by atoms with Gasteiger partial charge < -0.3 is 19.6 Å². The lowest BCUT2D eigenvalue weighted by molar-refractivity contribution is 0.285. The molecule has 0 aliphatic heterocycles. The molecule has 4 N–H and O–H groups in total. The van der Waals surface area contributed by atoms with Gasteiger partial charge in [0.05, 0.1) is 0 Å². The molecule has 0 rings (SSSR count). The first kappa shape index (κ1) is 25.2. The van der Waals surface area contributed by atoms with Crippen LogP contribution in [0.1, 0.15) is 29.2 Å². The van der Waals surface area contributed by atoms with E-state index in [-0.39, 0.29) is 28.8 Å². The smallest absolute Gasteiger partial charge is 0.324 e. The van der Waals surface area contributed by atoms with Gasteiger partial charge >= 0.3 is 15.2 Å². The molecule has 0 bridgehead atoms. The van der Waals surface area contributed by atoms with E-state index in [9.17, 15) is 9.13 Å². The number of hydrogen-bond acceptors (Lipinski definition) is 3. The Kier molecular flexibility index (Phi) is 14.7. The number of nitrogens with zero attached hydrogens (tertiary/aromatic N) is 1. The lowest BCUT2D eigenvalue weighted by Gasteiger charge is -2.20. The lowest BCUT2D eigenvalue weighted by atomic mass is 10.7. The fourth-order valence-electron chi connectivity index (χ4n) is 0.766. The maximum Gasteiger partial charge on any atom is 0.339 e. The van der Waals surface area contributed by atoms with Crippen LogP contribution in [0.25, 0.3) is 0 Å². The Morgan fingerprint density at radius 2 is 1.12 bits per heavy atom. The molecule has 0 saturated heterocycles. The fraction of sp³-hybridized carbons (Fsp3) is 1.00. The van der Waals surface area contributed by atoms with Crippen molar-refractivity contribution >= 4 is 15.2 Å². The number of hydrogen-bond donors (Lipinski definition) is 4. The van der Waals surface area contributed by atoms with E-state index in [4.69, 9.17) is 19.6 Å². The Balaban J connectivity index is -0.000000240. The molecule has 0 radical (unpaired) electrons. The molecule has 16 heavy (non-hydrogen) atoms. The third-order valence-electron chi connectivity index (χ3n) is 1.22. The van der Waals surface area contributed by atoms with Gasteiger partial charge in [-0.05, 0) is 6.54 Å². The Labute approximate surface area is 97.8 Å². The summed E-state index contributed by atoms with van der Waals surface area (Å²) in [6, 6.07) is 0. The molecule has 0 unspecified atom stereocenters. The van der Waals surface area contributed by atoms with E-state index < -0.39 is 27.8 Å². The van der Waals surface area contributed by atoms with E-state index in [1.165, 1.54) is 0 Å². The highest BCUT2D eigenvalue weighted by atomic mass is 31.2. The molecule has 0 aliphatic carbocycles. The third kappa shape index (κ3) is 16.7. The molecule has 0 fully saturated rings. The topological polar surface area (TPSA) is 118 Å². The van der Waals surface area contributed by atoms with Crippen LogP contribution in [0.2, 0.25) is 0 Å². The first-order valence-corrected chi connectivity index (χ1v) is 7.05. The van der Waals surface area contributed by atoms with Crippen molar-refractivity contribution in [2.75, 3.05) is 19.1 Å². The average Bonchev–Trinajstić information content (AvgIpc) is 1.79. The largest absolute Gasteiger partial charge is 0.339 e. The maximum atomic E-state index is 10.5. The molecule has 104 valence electrons. The van der Waals surface area contributed by atoms with Gasteiger partial charge in [-0.1, -0.05) is 29.2 Å². The van der Waals surface area contributed by atoms with Gasteiger partial charge in [-0.3, -0.25) is 14.0 Å². The zero-order valence-electron chi connectivity index (χ0n) is 7.07. The van der Waals surface area contributed by atoms with Crippen LogP contribution in [0.3, 0.4) is 0 Å². The van der Waals surface area contributed by atoms with E-state index in [2.05, 4.69) is 0 Å². The fourth-order valence-corrected chi connectivity index (χ4v) is 2.57. The third-order valence-corrected chi connectivity index (χ3v) is 2.75. The van der Waals surface area contributed by atoms with Gasteiger partial charge in [0, 0.05) is 0 Å². The summed E-state index contributed by atoms with van der Waals surface area (Å²) in [5.41, 5.74) is 0.